The quantitative estimate of drug-likeness (QED) is 0.849. The third kappa shape index (κ3) is 2.03. The highest BCUT2D eigenvalue weighted by Crippen LogP contribution is 2.12. The van der Waals surface area contributed by atoms with E-state index in [1.165, 1.54) is 0 Å². The number of fused-ring (bicyclic) bond motifs is 1. The lowest BCUT2D eigenvalue weighted by atomic mass is 10.1. The standard InChI is InChI=1S/C11H13N3O2/c1-7(2)9-3-4-10-12-8(5-11(15)16)6-14(10)13-9/h3-4,6-7H,5H2,1-2H3,(H,15,16). The van der Waals surface area contributed by atoms with Crippen molar-refractivity contribution in [1.29, 1.82) is 0 Å². The van der Waals surface area contributed by atoms with Crippen molar-refractivity contribution in [1.82, 2.24) is 14.6 Å². The van der Waals surface area contributed by atoms with Gasteiger partial charge in [-0.3, -0.25) is 4.79 Å². The van der Waals surface area contributed by atoms with Crippen LogP contribution in [0.3, 0.4) is 0 Å². The first-order chi connectivity index (χ1) is 7.56. The maximum Gasteiger partial charge on any atom is 0.309 e. The molecule has 2 heterocycles. The number of carboxylic acid groups (broad SMARTS) is 1. The van der Waals surface area contributed by atoms with Crippen LogP contribution in [0.25, 0.3) is 5.65 Å². The maximum absolute atomic E-state index is 10.6. The van der Waals surface area contributed by atoms with Crippen molar-refractivity contribution in [3.8, 4) is 0 Å². The second-order valence-electron chi connectivity index (χ2n) is 4.02. The molecule has 0 spiro atoms. The summed E-state index contributed by atoms with van der Waals surface area (Å²) in [6.45, 7) is 4.12. The molecule has 0 saturated carbocycles. The van der Waals surface area contributed by atoms with Gasteiger partial charge in [-0.15, -0.1) is 0 Å². The average Bonchev–Trinajstić information content (AvgIpc) is 2.56. The van der Waals surface area contributed by atoms with E-state index in [0.29, 0.717) is 17.3 Å². The molecule has 0 aliphatic heterocycles. The van der Waals surface area contributed by atoms with Crippen LogP contribution in [0.2, 0.25) is 0 Å². The Bertz CT molecular complexity index is 531. The number of nitrogens with zero attached hydrogens (tertiary/aromatic N) is 3. The first-order valence-corrected chi connectivity index (χ1v) is 5.13. The van der Waals surface area contributed by atoms with Crippen LogP contribution in [0.1, 0.15) is 31.2 Å². The van der Waals surface area contributed by atoms with Gasteiger partial charge >= 0.3 is 5.97 Å². The first kappa shape index (κ1) is 10.6. The molecule has 0 atom stereocenters. The Kier molecular flexibility index (Phi) is 2.60. The fraction of sp³-hybridized carbons (Fsp3) is 0.364. The van der Waals surface area contributed by atoms with Crippen LogP contribution >= 0.6 is 0 Å². The lowest BCUT2D eigenvalue weighted by Crippen LogP contribution is -2.00. The Hall–Kier alpha value is -1.91. The highest BCUT2D eigenvalue weighted by molar-refractivity contribution is 5.69. The van der Waals surface area contributed by atoms with Crippen LogP contribution in [0.5, 0.6) is 0 Å². The van der Waals surface area contributed by atoms with Crippen molar-refractivity contribution in [2.24, 2.45) is 0 Å². The van der Waals surface area contributed by atoms with E-state index in [0.717, 1.165) is 5.69 Å². The summed E-state index contributed by atoms with van der Waals surface area (Å²) in [5.41, 5.74) is 2.17. The Morgan fingerprint density at radius 2 is 2.25 bits per heavy atom. The molecule has 1 N–H and O–H groups in total. The maximum atomic E-state index is 10.6. The summed E-state index contributed by atoms with van der Waals surface area (Å²) < 4.78 is 1.63. The number of rotatable bonds is 3. The molecule has 0 bridgehead atoms. The number of hydrogen-bond acceptors (Lipinski definition) is 3. The third-order valence-corrected chi connectivity index (χ3v) is 2.31. The Balaban J connectivity index is 2.41. The molecule has 0 unspecified atom stereocenters. The van der Waals surface area contributed by atoms with Gasteiger partial charge in [-0.2, -0.15) is 5.10 Å². The summed E-state index contributed by atoms with van der Waals surface area (Å²) in [7, 11) is 0. The van der Waals surface area contributed by atoms with Gasteiger partial charge in [-0.25, -0.2) is 9.50 Å². The molecule has 0 aromatic carbocycles. The van der Waals surface area contributed by atoms with Crippen LogP contribution in [0.4, 0.5) is 0 Å². The van der Waals surface area contributed by atoms with E-state index in [1.807, 2.05) is 12.1 Å². The van der Waals surface area contributed by atoms with Crippen LogP contribution in [-0.4, -0.2) is 25.7 Å². The second-order valence-corrected chi connectivity index (χ2v) is 4.02. The largest absolute Gasteiger partial charge is 0.481 e. The van der Waals surface area contributed by atoms with Gasteiger partial charge < -0.3 is 5.11 Å². The summed E-state index contributed by atoms with van der Waals surface area (Å²) in [5, 5.41) is 13.0. The minimum absolute atomic E-state index is 0.0691. The van der Waals surface area contributed by atoms with E-state index in [1.54, 1.807) is 10.7 Å². The normalized spacial score (nSPS) is 11.2. The molecule has 0 aliphatic rings. The molecule has 2 rings (SSSR count). The number of carbonyl (C=O) groups is 1. The van der Waals surface area contributed by atoms with Gasteiger partial charge in [-0.1, -0.05) is 13.8 Å². The summed E-state index contributed by atoms with van der Waals surface area (Å²) >= 11 is 0. The number of hydrogen-bond donors (Lipinski definition) is 1. The molecule has 0 aliphatic carbocycles. The molecule has 0 amide bonds. The van der Waals surface area contributed by atoms with Crippen molar-refractivity contribution < 1.29 is 9.90 Å². The molecule has 84 valence electrons. The van der Waals surface area contributed by atoms with Gasteiger partial charge in [0, 0.05) is 0 Å². The van der Waals surface area contributed by atoms with Crippen LogP contribution < -0.4 is 0 Å². The van der Waals surface area contributed by atoms with Crippen molar-refractivity contribution in [2.45, 2.75) is 26.2 Å². The highest BCUT2D eigenvalue weighted by Gasteiger charge is 2.08. The molecule has 5 heteroatoms. The average molecular weight is 219 g/mol. The molecule has 0 fully saturated rings. The predicted molar refractivity (Wildman–Crippen MR) is 58.4 cm³/mol. The van der Waals surface area contributed by atoms with E-state index in [4.69, 9.17) is 5.11 Å². The lowest BCUT2D eigenvalue weighted by Gasteiger charge is -2.02. The van der Waals surface area contributed by atoms with E-state index in [9.17, 15) is 4.79 Å². The van der Waals surface area contributed by atoms with Crippen molar-refractivity contribution in [3.63, 3.8) is 0 Å². The molecule has 2 aromatic rings. The zero-order valence-electron chi connectivity index (χ0n) is 9.21. The van der Waals surface area contributed by atoms with Gasteiger partial charge in [0.05, 0.1) is 24.0 Å². The van der Waals surface area contributed by atoms with Crippen LogP contribution in [0.15, 0.2) is 18.3 Å². The molecule has 5 nitrogen and oxygen atoms in total. The zero-order valence-corrected chi connectivity index (χ0v) is 9.21. The summed E-state index contributed by atoms with van der Waals surface area (Å²) in [4.78, 5) is 14.7. The van der Waals surface area contributed by atoms with Crippen LogP contribution in [0, 0.1) is 0 Å². The monoisotopic (exact) mass is 219 g/mol. The molecule has 2 aromatic heterocycles. The van der Waals surface area contributed by atoms with Gasteiger partial charge in [-0.05, 0) is 18.1 Å². The minimum atomic E-state index is -0.882. The summed E-state index contributed by atoms with van der Waals surface area (Å²) in [6, 6.07) is 3.77. The molecular formula is C11H13N3O2. The SMILES string of the molecule is CC(C)c1ccc2nc(CC(=O)O)cn2n1. The molecule has 0 radical (unpaired) electrons. The van der Waals surface area contributed by atoms with Gasteiger partial charge in [0.15, 0.2) is 5.65 Å². The van der Waals surface area contributed by atoms with E-state index >= 15 is 0 Å². The van der Waals surface area contributed by atoms with Crippen molar-refractivity contribution in [2.75, 3.05) is 0 Å². The molecule has 0 saturated heterocycles. The van der Waals surface area contributed by atoms with E-state index in [-0.39, 0.29) is 6.42 Å². The smallest absolute Gasteiger partial charge is 0.309 e. The minimum Gasteiger partial charge on any atom is -0.481 e. The van der Waals surface area contributed by atoms with E-state index < -0.39 is 5.97 Å². The number of carboxylic acids is 1. The fourth-order valence-electron chi connectivity index (χ4n) is 1.49. The van der Waals surface area contributed by atoms with Crippen molar-refractivity contribution in [3.05, 3.63) is 29.7 Å². The summed E-state index contributed by atoms with van der Waals surface area (Å²) in [6.07, 6.45) is 1.59. The lowest BCUT2D eigenvalue weighted by molar-refractivity contribution is -0.136. The van der Waals surface area contributed by atoms with Gasteiger partial charge in [0.1, 0.15) is 0 Å². The number of aliphatic carboxylic acids is 1. The second kappa shape index (κ2) is 3.92. The highest BCUT2D eigenvalue weighted by atomic mass is 16.4. The zero-order chi connectivity index (χ0) is 11.7. The Morgan fingerprint density at radius 1 is 1.50 bits per heavy atom. The number of aromatic nitrogens is 3. The Labute approximate surface area is 92.7 Å². The van der Waals surface area contributed by atoms with Gasteiger partial charge in [0.2, 0.25) is 0 Å². The molecule has 16 heavy (non-hydrogen) atoms. The topological polar surface area (TPSA) is 67.5 Å². The molecular weight excluding hydrogens is 206 g/mol. The van der Waals surface area contributed by atoms with Crippen LogP contribution in [-0.2, 0) is 11.2 Å². The summed E-state index contributed by atoms with van der Waals surface area (Å²) in [5.74, 6) is -0.540. The Morgan fingerprint density at radius 3 is 2.88 bits per heavy atom. The van der Waals surface area contributed by atoms with Crippen molar-refractivity contribution >= 4 is 11.6 Å². The van der Waals surface area contributed by atoms with E-state index in [2.05, 4.69) is 23.9 Å². The fourth-order valence-corrected chi connectivity index (χ4v) is 1.49. The van der Waals surface area contributed by atoms with Gasteiger partial charge in [0.25, 0.3) is 0 Å². The first-order valence-electron chi connectivity index (χ1n) is 5.13. The predicted octanol–water partition coefficient (Wildman–Crippen LogP) is 1.48. The third-order valence-electron chi connectivity index (χ3n) is 2.31. The number of imidazole rings is 1.